The van der Waals surface area contributed by atoms with Crippen LogP contribution in [0.2, 0.25) is 0 Å². The van der Waals surface area contributed by atoms with Crippen molar-refractivity contribution in [3.05, 3.63) is 59.7 Å². The molecule has 2 rings (SSSR count). The molecule has 21 heavy (non-hydrogen) atoms. The first kappa shape index (κ1) is 15.3. The van der Waals surface area contributed by atoms with E-state index in [0.29, 0.717) is 12.3 Å². The molecule has 2 aromatic rings. The topological polar surface area (TPSA) is 37.3 Å². The summed E-state index contributed by atoms with van der Waals surface area (Å²) in [6.07, 6.45) is 1.72. The number of aryl methyl sites for hydroxylation is 1. The third-order valence-corrected chi connectivity index (χ3v) is 3.68. The van der Waals surface area contributed by atoms with Gasteiger partial charge in [-0.3, -0.25) is 4.79 Å². The highest BCUT2D eigenvalue weighted by Crippen LogP contribution is 2.30. The SMILES string of the molecule is CC(C)c1ccc(CCCC(=O)O)cc1-c1ccccc1. The van der Waals surface area contributed by atoms with E-state index >= 15 is 0 Å². The summed E-state index contributed by atoms with van der Waals surface area (Å²) in [7, 11) is 0. The molecule has 0 saturated heterocycles. The van der Waals surface area contributed by atoms with E-state index in [-0.39, 0.29) is 6.42 Å². The number of carboxylic acid groups (broad SMARTS) is 1. The van der Waals surface area contributed by atoms with Crippen LogP contribution in [0.4, 0.5) is 0 Å². The van der Waals surface area contributed by atoms with Crippen molar-refractivity contribution in [1.29, 1.82) is 0 Å². The molecule has 0 aliphatic heterocycles. The Bertz CT molecular complexity index is 600. The van der Waals surface area contributed by atoms with Crippen molar-refractivity contribution >= 4 is 5.97 Å². The Morgan fingerprint density at radius 2 is 1.81 bits per heavy atom. The van der Waals surface area contributed by atoms with Crippen LogP contribution < -0.4 is 0 Å². The molecule has 0 amide bonds. The van der Waals surface area contributed by atoms with Gasteiger partial charge in [-0.15, -0.1) is 0 Å². The van der Waals surface area contributed by atoms with Crippen LogP contribution in [0.5, 0.6) is 0 Å². The molecule has 0 spiro atoms. The second-order valence-corrected chi connectivity index (χ2v) is 5.69. The fourth-order valence-corrected chi connectivity index (χ4v) is 2.57. The van der Waals surface area contributed by atoms with E-state index in [1.54, 1.807) is 0 Å². The summed E-state index contributed by atoms with van der Waals surface area (Å²) in [5.74, 6) is -0.259. The molecule has 0 aliphatic carbocycles. The molecule has 0 atom stereocenters. The van der Waals surface area contributed by atoms with Crippen LogP contribution in [-0.4, -0.2) is 11.1 Å². The minimum Gasteiger partial charge on any atom is -0.481 e. The molecule has 0 saturated carbocycles. The average Bonchev–Trinajstić information content (AvgIpc) is 2.47. The van der Waals surface area contributed by atoms with E-state index in [2.05, 4.69) is 56.3 Å². The summed E-state index contributed by atoms with van der Waals surface area (Å²) in [5.41, 5.74) is 5.03. The van der Waals surface area contributed by atoms with Gasteiger partial charge in [0.1, 0.15) is 0 Å². The van der Waals surface area contributed by atoms with Crippen molar-refractivity contribution in [1.82, 2.24) is 0 Å². The Balaban J connectivity index is 2.29. The molecule has 0 aromatic heterocycles. The maximum atomic E-state index is 10.6. The van der Waals surface area contributed by atoms with Crippen molar-refractivity contribution in [2.75, 3.05) is 0 Å². The molecule has 0 fully saturated rings. The Kier molecular flexibility index (Phi) is 5.15. The van der Waals surface area contributed by atoms with Gasteiger partial charge in [-0.05, 0) is 41.0 Å². The summed E-state index contributed by atoms with van der Waals surface area (Å²) in [5, 5.41) is 8.74. The first-order valence-electron chi connectivity index (χ1n) is 7.48. The quantitative estimate of drug-likeness (QED) is 0.819. The van der Waals surface area contributed by atoms with E-state index in [0.717, 1.165) is 6.42 Å². The van der Waals surface area contributed by atoms with E-state index in [9.17, 15) is 4.79 Å². The average molecular weight is 282 g/mol. The first-order chi connectivity index (χ1) is 10.1. The minimum atomic E-state index is -0.725. The van der Waals surface area contributed by atoms with Gasteiger partial charge in [0.25, 0.3) is 0 Å². The molecule has 0 radical (unpaired) electrons. The highest BCUT2D eigenvalue weighted by atomic mass is 16.4. The molecule has 2 aromatic carbocycles. The molecule has 2 nitrogen and oxygen atoms in total. The monoisotopic (exact) mass is 282 g/mol. The van der Waals surface area contributed by atoms with Crippen LogP contribution in [0.25, 0.3) is 11.1 Å². The maximum absolute atomic E-state index is 10.6. The van der Waals surface area contributed by atoms with Gasteiger partial charge in [-0.25, -0.2) is 0 Å². The summed E-state index contributed by atoms with van der Waals surface area (Å²) in [6, 6.07) is 16.9. The van der Waals surface area contributed by atoms with Gasteiger partial charge in [0.2, 0.25) is 0 Å². The Morgan fingerprint density at radius 1 is 1.10 bits per heavy atom. The Morgan fingerprint density at radius 3 is 2.43 bits per heavy atom. The molecule has 0 aliphatic rings. The summed E-state index contributed by atoms with van der Waals surface area (Å²) < 4.78 is 0. The number of carboxylic acids is 1. The largest absolute Gasteiger partial charge is 0.481 e. The van der Waals surface area contributed by atoms with E-state index < -0.39 is 5.97 Å². The zero-order chi connectivity index (χ0) is 15.2. The van der Waals surface area contributed by atoms with Crippen molar-refractivity contribution in [2.24, 2.45) is 0 Å². The van der Waals surface area contributed by atoms with Gasteiger partial charge in [-0.2, -0.15) is 0 Å². The van der Waals surface area contributed by atoms with Gasteiger partial charge < -0.3 is 5.11 Å². The van der Waals surface area contributed by atoms with E-state index in [1.807, 2.05) is 6.07 Å². The molecule has 0 bridgehead atoms. The number of benzene rings is 2. The standard InChI is InChI=1S/C19H22O2/c1-14(2)17-12-11-15(7-6-10-19(20)21)13-18(17)16-8-4-3-5-9-16/h3-5,8-9,11-14H,6-7,10H2,1-2H3,(H,20,21). The van der Waals surface area contributed by atoms with Crippen molar-refractivity contribution in [2.45, 2.75) is 39.0 Å². The fourth-order valence-electron chi connectivity index (χ4n) is 2.57. The summed E-state index contributed by atoms with van der Waals surface area (Å²) >= 11 is 0. The number of hydrogen-bond donors (Lipinski definition) is 1. The van der Waals surface area contributed by atoms with Crippen molar-refractivity contribution in [3.63, 3.8) is 0 Å². The van der Waals surface area contributed by atoms with E-state index in [1.165, 1.54) is 22.3 Å². The van der Waals surface area contributed by atoms with Crippen LogP contribution >= 0.6 is 0 Å². The van der Waals surface area contributed by atoms with Crippen molar-refractivity contribution < 1.29 is 9.90 Å². The lowest BCUT2D eigenvalue weighted by atomic mass is 9.90. The van der Waals surface area contributed by atoms with Crippen molar-refractivity contribution in [3.8, 4) is 11.1 Å². The fraction of sp³-hybridized carbons (Fsp3) is 0.316. The highest BCUT2D eigenvalue weighted by Gasteiger charge is 2.09. The minimum absolute atomic E-state index is 0.229. The second-order valence-electron chi connectivity index (χ2n) is 5.69. The molecular formula is C19H22O2. The van der Waals surface area contributed by atoms with Gasteiger partial charge in [0.05, 0.1) is 0 Å². The Labute approximate surface area is 126 Å². The second kappa shape index (κ2) is 7.07. The summed E-state index contributed by atoms with van der Waals surface area (Å²) in [6.45, 7) is 4.40. The van der Waals surface area contributed by atoms with Crippen LogP contribution in [0.3, 0.4) is 0 Å². The normalized spacial score (nSPS) is 10.8. The lowest BCUT2D eigenvalue weighted by molar-refractivity contribution is -0.137. The molecule has 2 heteroatoms. The zero-order valence-electron chi connectivity index (χ0n) is 12.7. The first-order valence-corrected chi connectivity index (χ1v) is 7.48. The van der Waals surface area contributed by atoms with Gasteiger partial charge >= 0.3 is 5.97 Å². The van der Waals surface area contributed by atoms with Crippen LogP contribution in [0, 0.1) is 0 Å². The number of carbonyl (C=O) groups is 1. The van der Waals surface area contributed by atoms with Crippen LogP contribution in [0.15, 0.2) is 48.5 Å². The lowest BCUT2D eigenvalue weighted by Gasteiger charge is -2.15. The molecule has 0 unspecified atom stereocenters. The zero-order valence-corrected chi connectivity index (χ0v) is 12.7. The third-order valence-electron chi connectivity index (χ3n) is 3.68. The van der Waals surface area contributed by atoms with Gasteiger partial charge in [0.15, 0.2) is 0 Å². The lowest BCUT2D eigenvalue weighted by Crippen LogP contribution is -1.98. The highest BCUT2D eigenvalue weighted by molar-refractivity contribution is 5.69. The predicted molar refractivity (Wildman–Crippen MR) is 86.5 cm³/mol. The molecule has 110 valence electrons. The Hall–Kier alpha value is -2.09. The number of rotatable bonds is 6. The van der Waals surface area contributed by atoms with Crippen LogP contribution in [-0.2, 0) is 11.2 Å². The van der Waals surface area contributed by atoms with E-state index in [4.69, 9.17) is 5.11 Å². The molecular weight excluding hydrogens is 260 g/mol. The van der Waals surface area contributed by atoms with Gasteiger partial charge in [-0.1, -0.05) is 62.4 Å². The third kappa shape index (κ3) is 4.19. The number of hydrogen-bond acceptors (Lipinski definition) is 1. The predicted octanol–water partition coefficient (Wildman–Crippen LogP) is 4.88. The summed E-state index contributed by atoms with van der Waals surface area (Å²) in [4.78, 5) is 10.6. The molecule has 0 heterocycles. The number of aliphatic carboxylic acids is 1. The molecule has 1 N–H and O–H groups in total. The maximum Gasteiger partial charge on any atom is 0.303 e. The van der Waals surface area contributed by atoms with Crippen LogP contribution in [0.1, 0.15) is 43.7 Å². The smallest absolute Gasteiger partial charge is 0.303 e. The van der Waals surface area contributed by atoms with Gasteiger partial charge in [0, 0.05) is 6.42 Å².